The highest BCUT2D eigenvalue weighted by atomic mass is 19.4. The Morgan fingerprint density at radius 3 is 2.33 bits per heavy atom. The Labute approximate surface area is 137 Å². The van der Waals surface area contributed by atoms with E-state index in [1.807, 2.05) is 25.9 Å². The van der Waals surface area contributed by atoms with Crippen molar-refractivity contribution in [3.05, 3.63) is 53.0 Å². The SMILES string of the molecule is Cc1cc(N(C)C)nc(CNC(=O)c2ccc(C(F)(F)F)cc2)n1. The van der Waals surface area contributed by atoms with Crippen LogP contribution in [-0.4, -0.2) is 30.0 Å². The summed E-state index contributed by atoms with van der Waals surface area (Å²) in [7, 11) is 3.68. The number of alkyl halides is 3. The molecule has 1 N–H and O–H groups in total. The first-order chi connectivity index (χ1) is 11.2. The van der Waals surface area contributed by atoms with Crippen molar-refractivity contribution < 1.29 is 18.0 Å². The summed E-state index contributed by atoms with van der Waals surface area (Å²) in [5, 5.41) is 2.60. The van der Waals surface area contributed by atoms with Gasteiger partial charge in [-0.2, -0.15) is 13.2 Å². The first-order valence-electron chi connectivity index (χ1n) is 7.14. The molecule has 0 saturated carbocycles. The van der Waals surface area contributed by atoms with Crippen LogP contribution in [0.25, 0.3) is 0 Å². The minimum Gasteiger partial charge on any atom is -0.363 e. The number of aromatic nitrogens is 2. The highest BCUT2D eigenvalue weighted by Crippen LogP contribution is 2.29. The van der Waals surface area contributed by atoms with Gasteiger partial charge in [-0.05, 0) is 31.2 Å². The molecule has 128 valence electrons. The Morgan fingerprint density at radius 1 is 1.17 bits per heavy atom. The molecule has 1 aromatic carbocycles. The Balaban J connectivity index is 2.05. The predicted octanol–water partition coefficient (Wildman–Crippen LogP) is 2.80. The first-order valence-corrected chi connectivity index (χ1v) is 7.14. The molecule has 2 aromatic rings. The fraction of sp³-hybridized carbons (Fsp3) is 0.312. The number of hydrogen-bond acceptors (Lipinski definition) is 4. The maximum Gasteiger partial charge on any atom is 0.416 e. The van der Waals surface area contributed by atoms with E-state index in [2.05, 4.69) is 15.3 Å². The largest absolute Gasteiger partial charge is 0.416 e. The molecule has 5 nitrogen and oxygen atoms in total. The van der Waals surface area contributed by atoms with Crippen LogP contribution in [0.2, 0.25) is 0 Å². The zero-order valence-corrected chi connectivity index (χ0v) is 13.5. The molecule has 1 aromatic heterocycles. The van der Waals surface area contributed by atoms with Gasteiger partial charge in [0.15, 0.2) is 0 Å². The number of carbonyl (C=O) groups is 1. The molecule has 1 heterocycles. The molecule has 0 unspecified atom stereocenters. The fourth-order valence-corrected chi connectivity index (χ4v) is 1.99. The lowest BCUT2D eigenvalue weighted by Gasteiger charge is -2.13. The second kappa shape index (κ2) is 6.86. The van der Waals surface area contributed by atoms with Crippen molar-refractivity contribution in [1.29, 1.82) is 0 Å². The number of rotatable bonds is 4. The summed E-state index contributed by atoms with van der Waals surface area (Å²) in [5.41, 5.74) is 0.104. The van der Waals surface area contributed by atoms with E-state index in [1.54, 1.807) is 6.07 Å². The van der Waals surface area contributed by atoms with Crippen molar-refractivity contribution in [3.8, 4) is 0 Å². The third-order valence-corrected chi connectivity index (χ3v) is 3.23. The number of amides is 1. The Morgan fingerprint density at radius 2 is 1.79 bits per heavy atom. The number of nitrogens with zero attached hydrogens (tertiary/aromatic N) is 3. The molecule has 8 heteroatoms. The summed E-state index contributed by atoms with van der Waals surface area (Å²) in [4.78, 5) is 22.4. The van der Waals surface area contributed by atoms with Gasteiger partial charge in [-0.25, -0.2) is 9.97 Å². The third kappa shape index (κ3) is 4.43. The predicted molar refractivity (Wildman–Crippen MR) is 83.7 cm³/mol. The summed E-state index contributed by atoms with van der Waals surface area (Å²) in [6.45, 7) is 1.90. The van der Waals surface area contributed by atoms with Gasteiger partial charge in [0.1, 0.15) is 11.6 Å². The van der Waals surface area contributed by atoms with Gasteiger partial charge in [0, 0.05) is 31.4 Å². The summed E-state index contributed by atoms with van der Waals surface area (Å²) < 4.78 is 37.5. The van der Waals surface area contributed by atoms with E-state index in [-0.39, 0.29) is 12.1 Å². The van der Waals surface area contributed by atoms with E-state index in [9.17, 15) is 18.0 Å². The topological polar surface area (TPSA) is 58.1 Å². The second-order valence-corrected chi connectivity index (χ2v) is 5.44. The molecule has 0 bridgehead atoms. The Kier molecular flexibility index (Phi) is 5.06. The van der Waals surface area contributed by atoms with Crippen molar-refractivity contribution >= 4 is 11.7 Å². The smallest absolute Gasteiger partial charge is 0.363 e. The molecule has 0 aliphatic heterocycles. The normalized spacial score (nSPS) is 11.2. The van der Waals surface area contributed by atoms with Crippen LogP contribution in [-0.2, 0) is 12.7 Å². The van der Waals surface area contributed by atoms with Gasteiger partial charge in [-0.1, -0.05) is 0 Å². The van der Waals surface area contributed by atoms with Crippen molar-refractivity contribution in [3.63, 3.8) is 0 Å². The summed E-state index contributed by atoms with van der Waals surface area (Å²) in [6, 6.07) is 5.84. The molecular weight excluding hydrogens is 321 g/mol. The maximum absolute atomic E-state index is 12.5. The molecule has 0 fully saturated rings. The van der Waals surface area contributed by atoms with Crippen LogP contribution in [0, 0.1) is 6.92 Å². The zero-order chi connectivity index (χ0) is 17.9. The van der Waals surface area contributed by atoms with Crippen molar-refractivity contribution in [1.82, 2.24) is 15.3 Å². The lowest BCUT2D eigenvalue weighted by molar-refractivity contribution is -0.137. The van der Waals surface area contributed by atoms with E-state index < -0.39 is 17.6 Å². The quantitative estimate of drug-likeness (QED) is 0.931. The maximum atomic E-state index is 12.5. The van der Waals surface area contributed by atoms with Crippen LogP contribution in [0.3, 0.4) is 0 Å². The summed E-state index contributed by atoms with van der Waals surface area (Å²) in [5.74, 6) is 0.653. The number of halogens is 3. The molecule has 1 amide bonds. The highest BCUT2D eigenvalue weighted by Gasteiger charge is 2.30. The summed E-state index contributed by atoms with van der Waals surface area (Å²) >= 11 is 0. The first kappa shape index (κ1) is 17.7. The van der Waals surface area contributed by atoms with Gasteiger partial charge in [0.05, 0.1) is 12.1 Å². The number of carbonyl (C=O) groups excluding carboxylic acids is 1. The van der Waals surface area contributed by atoms with E-state index in [1.165, 1.54) is 0 Å². The third-order valence-electron chi connectivity index (χ3n) is 3.23. The molecule has 0 spiro atoms. The van der Waals surface area contributed by atoms with Crippen molar-refractivity contribution in [2.45, 2.75) is 19.6 Å². The molecule has 0 radical (unpaired) electrons. The number of nitrogens with one attached hydrogen (secondary N) is 1. The highest BCUT2D eigenvalue weighted by molar-refractivity contribution is 5.94. The van der Waals surface area contributed by atoms with Gasteiger partial charge < -0.3 is 10.2 Å². The molecule has 0 atom stereocenters. The van der Waals surface area contributed by atoms with Crippen LogP contribution in [0.1, 0.15) is 27.4 Å². The second-order valence-electron chi connectivity index (χ2n) is 5.44. The van der Waals surface area contributed by atoms with E-state index in [4.69, 9.17) is 0 Å². The number of aryl methyl sites for hydroxylation is 1. The van der Waals surface area contributed by atoms with Crippen LogP contribution >= 0.6 is 0 Å². The zero-order valence-electron chi connectivity index (χ0n) is 13.5. The van der Waals surface area contributed by atoms with Gasteiger partial charge in [0.2, 0.25) is 0 Å². The fourth-order valence-electron chi connectivity index (χ4n) is 1.99. The Hall–Kier alpha value is -2.64. The Bertz CT molecular complexity index is 727. The minimum atomic E-state index is -4.42. The van der Waals surface area contributed by atoms with Crippen molar-refractivity contribution in [2.75, 3.05) is 19.0 Å². The van der Waals surface area contributed by atoms with Gasteiger partial charge in [-0.15, -0.1) is 0 Å². The van der Waals surface area contributed by atoms with Gasteiger partial charge >= 0.3 is 6.18 Å². The van der Waals surface area contributed by atoms with E-state index in [0.717, 1.165) is 30.0 Å². The standard InChI is InChI=1S/C16H17F3N4O/c1-10-8-14(23(2)3)22-13(21-10)9-20-15(24)11-4-6-12(7-5-11)16(17,18)19/h4-8H,9H2,1-3H3,(H,20,24). The molecule has 0 aliphatic rings. The van der Waals surface area contributed by atoms with Crippen LogP contribution in [0.15, 0.2) is 30.3 Å². The number of anilines is 1. The van der Waals surface area contributed by atoms with Crippen LogP contribution < -0.4 is 10.2 Å². The minimum absolute atomic E-state index is 0.0857. The molecule has 0 saturated heterocycles. The van der Waals surface area contributed by atoms with Gasteiger partial charge in [0.25, 0.3) is 5.91 Å². The van der Waals surface area contributed by atoms with Crippen LogP contribution in [0.4, 0.5) is 19.0 Å². The lowest BCUT2D eigenvalue weighted by atomic mass is 10.1. The molecule has 0 aliphatic carbocycles. The average Bonchev–Trinajstić information content (AvgIpc) is 2.51. The van der Waals surface area contributed by atoms with Gasteiger partial charge in [-0.3, -0.25) is 4.79 Å². The average molecular weight is 338 g/mol. The lowest BCUT2D eigenvalue weighted by Crippen LogP contribution is -2.25. The number of hydrogen-bond donors (Lipinski definition) is 1. The van der Waals surface area contributed by atoms with E-state index >= 15 is 0 Å². The van der Waals surface area contributed by atoms with E-state index in [0.29, 0.717) is 11.6 Å². The number of benzene rings is 1. The monoisotopic (exact) mass is 338 g/mol. The summed E-state index contributed by atoms with van der Waals surface area (Å²) in [6.07, 6.45) is -4.42. The molecule has 24 heavy (non-hydrogen) atoms. The molecule has 2 rings (SSSR count). The molecular formula is C16H17F3N4O. The van der Waals surface area contributed by atoms with Crippen LogP contribution in [0.5, 0.6) is 0 Å². The van der Waals surface area contributed by atoms with Crippen molar-refractivity contribution in [2.24, 2.45) is 0 Å².